The average molecular weight is 231 g/mol. The zero-order chi connectivity index (χ0) is 12.4. The number of furan rings is 1. The molecule has 0 bridgehead atoms. The summed E-state index contributed by atoms with van der Waals surface area (Å²) in [6.45, 7) is 6.14. The number of fused-ring (bicyclic) bond motifs is 1. The third-order valence-electron chi connectivity index (χ3n) is 3.01. The first kappa shape index (κ1) is 11.7. The number of carbonyl (C=O) groups is 1. The van der Waals surface area contributed by atoms with Crippen LogP contribution in [0.5, 0.6) is 0 Å². The van der Waals surface area contributed by atoms with Crippen molar-refractivity contribution in [3.8, 4) is 0 Å². The standard InChI is InChI=1S/C14H17NO2/c1-9(2)10(3)15-14(16)13-8-11-6-4-5-7-12(11)17-13/h4-10H,1-3H3,(H,15,16)/t10-/m1/s1. The third kappa shape index (κ3) is 2.49. The van der Waals surface area contributed by atoms with Crippen LogP contribution in [0.15, 0.2) is 34.7 Å². The maximum atomic E-state index is 11.9. The van der Waals surface area contributed by atoms with Crippen LogP contribution in [-0.4, -0.2) is 11.9 Å². The molecule has 3 heteroatoms. The van der Waals surface area contributed by atoms with Gasteiger partial charge in [-0.1, -0.05) is 32.0 Å². The van der Waals surface area contributed by atoms with Gasteiger partial charge < -0.3 is 9.73 Å². The smallest absolute Gasteiger partial charge is 0.287 e. The van der Waals surface area contributed by atoms with Crippen LogP contribution in [0.25, 0.3) is 11.0 Å². The third-order valence-corrected chi connectivity index (χ3v) is 3.01. The molecule has 0 fully saturated rings. The van der Waals surface area contributed by atoms with Crippen molar-refractivity contribution in [3.05, 3.63) is 36.1 Å². The topological polar surface area (TPSA) is 42.2 Å². The van der Waals surface area contributed by atoms with E-state index in [0.29, 0.717) is 11.7 Å². The lowest BCUT2D eigenvalue weighted by molar-refractivity contribution is 0.0904. The maximum absolute atomic E-state index is 11.9. The van der Waals surface area contributed by atoms with Crippen molar-refractivity contribution in [2.45, 2.75) is 26.8 Å². The van der Waals surface area contributed by atoms with E-state index in [1.54, 1.807) is 6.07 Å². The summed E-state index contributed by atoms with van der Waals surface area (Å²) in [7, 11) is 0. The molecule has 0 spiro atoms. The first-order chi connectivity index (χ1) is 8.08. The van der Waals surface area contributed by atoms with E-state index in [1.165, 1.54) is 0 Å². The Bertz CT molecular complexity index is 495. The van der Waals surface area contributed by atoms with E-state index in [4.69, 9.17) is 4.42 Å². The summed E-state index contributed by atoms with van der Waals surface area (Å²) in [5.74, 6) is 0.629. The molecule has 0 unspecified atom stereocenters. The van der Waals surface area contributed by atoms with Crippen LogP contribution in [0.3, 0.4) is 0 Å². The molecule has 2 rings (SSSR count). The summed E-state index contributed by atoms with van der Waals surface area (Å²) < 4.78 is 5.50. The average Bonchev–Trinajstić information content (AvgIpc) is 2.72. The van der Waals surface area contributed by atoms with Crippen molar-refractivity contribution in [3.63, 3.8) is 0 Å². The van der Waals surface area contributed by atoms with Gasteiger partial charge in [0.05, 0.1) is 0 Å². The molecule has 1 heterocycles. The Morgan fingerprint density at radius 1 is 1.24 bits per heavy atom. The molecule has 0 aliphatic heterocycles. The Labute approximate surface area is 101 Å². The molecular formula is C14H17NO2. The Balaban J connectivity index is 2.19. The van der Waals surface area contributed by atoms with Crippen molar-refractivity contribution in [2.24, 2.45) is 5.92 Å². The Morgan fingerprint density at radius 3 is 2.59 bits per heavy atom. The van der Waals surface area contributed by atoms with Crippen molar-refractivity contribution >= 4 is 16.9 Å². The molecule has 0 aliphatic rings. The molecule has 1 aromatic carbocycles. The fourth-order valence-corrected chi connectivity index (χ4v) is 1.54. The molecule has 1 N–H and O–H groups in total. The largest absolute Gasteiger partial charge is 0.451 e. The lowest BCUT2D eigenvalue weighted by Crippen LogP contribution is -2.35. The highest BCUT2D eigenvalue weighted by atomic mass is 16.3. The van der Waals surface area contributed by atoms with E-state index in [0.717, 1.165) is 11.0 Å². The lowest BCUT2D eigenvalue weighted by Gasteiger charge is -2.16. The molecule has 0 saturated carbocycles. The summed E-state index contributed by atoms with van der Waals surface area (Å²) in [5, 5.41) is 3.88. The van der Waals surface area contributed by atoms with Gasteiger partial charge in [0.1, 0.15) is 5.58 Å². The first-order valence-corrected chi connectivity index (χ1v) is 5.87. The number of nitrogens with one attached hydrogen (secondary N) is 1. The summed E-state index contributed by atoms with van der Waals surface area (Å²) in [6, 6.07) is 9.52. The monoisotopic (exact) mass is 231 g/mol. The number of benzene rings is 1. The van der Waals surface area contributed by atoms with Gasteiger partial charge in [-0.15, -0.1) is 0 Å². The van der Waals surface area contributed by atoms with Crippen molar-refractivity contribution < 1.29 is 9.21 Å². The van der Waals surface area contributed by atoms with Crippen LogP contribution in [0.1, 0.15) is 31.3 Å². The summed E-state index contributed by atoms with van der Waals surface area (Å²) in [4.78, 5) is 11.9. The zero-order valence-electron chi connectivity index (χ0n) is 10.4. The van der Waals surface area contributed by atoms with Crippen molar-refractivity contribution in [2.75, 3.05) is 0 Å². The van der Waals surface area contributed by atoms with Crippen LogP contribution in [-0.2, 0) is 0 Å². The van der Waals surface area contributed by atoms with Gasteiger partial charge in [-0.2, -0.15) is 0 Å². The normalized spacial score (nSPS) is 12.9. The van der Waals surface area contributed by atoms with Gasteiger partial charge in [-0.25, -0.2) is 0 Å². The summed E-state index contributed by atoms with van der Waals surface area (Å²) in [6.07, 6.45) is 0. The fraction of sp³-hybridized carbons (Fsp3) is 0.357. The second-order valence-corrected chi connectivity index (χ2v) is 4.65. The number of carbonyl (C=O) groups excluding carboxylic acids is 1. The van der Waals surface area contributed by atoms with Crippen LogP contribution in [0.2, 0.25) is 0 Å². The quantitative estimate of drug-likeness (QED) is 0.881. The molecule has 0 radical (unpaired) electrons. The van der Waals surface area contributed by atoms with Crippen LogP contribution < -0.4 is 5.32 Å². The molecule has 3 nitrogen and oxygen atoms in total. The number of rotatable bonds is 3. The fourth-order valence-electron chi connectivity index (χ4n) is 1.54. The van der Waals surface area contributed by atoms with Gasteiger partial charge in [-0.05, 0) is 25.0 Å². The van der Waals surface area contributed by atoms with Gasteiger partial charge in [0.15, 0.2) is 5.76 Å². The van der Waals surface area contributed by atoms with Gasteiger partial charge in [0.25, 0.3) is 5.91 Å². The number of amides is 1. The summed E-state index contributed by atoms with van der Waals surface area (Å²) in [5.41, 5.74) is 0.745. The number of hydrogen-bond donors (Lipinski definition) is 1. The Kier molecular flexibility index (Phi) is 3.18. The lowest BCUT2D eigenvalue weighted by atomic mass is 10.1. The Hall–Kier alpha value is -1.77. The molecular weight excluding hydrogens is 214 g/mol. The SMILES string of the molecule is CC(C)[C@@H](C)NC(=O)c1cc2ccccc2o1. The predicted octanol–water partition coefficient (Wildman–Crippen LogP) is 3.21. The molecule has 0 aliphatic carbocycles. The van der Waals surface area contributed by atoms with Crippen LogP contribution in [0.4, 0.5) is 0 Å². The first-order valence-electron chi connectivity index (χ1n) is 5.87. The summed E-state index contributed by atoms with van der Waals surface area (Å²) >= 11 is 0. The van der Waals surface area contributed by atoms with E-state index >= 15 is 0 Å². The van der Waals surface area contributed by atoms with E-state index in [2.05, 4.69) is 19.2 Å². The Morgan fingerprint density at radius 2 is 1.94 bits per heavy atom. The highest BCUT2D eigenvalue weighted by Gasteiger charge is 2.15. The van der Waals surface area contributed by atoms with Crippen LogP contribution in [0, 0.1) is 5.92 Å². The van der Waals surface area contributed by atoms with Crippen molar-refractivity contribution in [1.82, 2.24) is 5.32 Å². The minimum atomic E-state index is -0.151. The minimum absolute atomic E-state index is 0.135. The molecule has 2 aromatic rings. The predicted molar refractivity (Wildman–Crippen MR) is 68.0 cm³/mol. The molecule has 1 atom stereocenters. The zero-order valence-corrected chi connectivity index (χ0v) is 10.4. The second kappa shape index (κ2) is 4.62. The number of hydrogen-bond acceptors (Lipinski definition) is 2. The van der Waals surface area contributed by atoms with Crippen LogP contribution >= 0.6 is 0 Å². The second-order valence-electron chi connectivity index (χ2n) is 4.65. The molecule has 1 aromatic heterocycles. The maximum Gasteiger partial charge on any atom is 0.287 e. The minimum Gasteiger partial charge on any atom is -0.451 e. The van der Waals surface area contributed by atoms with E-state index in [-0.39, 0.29) is 11.9 Å². The molecule has 0 saturated heterocycles. The van der Waals surface area contributed by atoms with E-state index in [1.807, 2.05) is 31.2 Å². The van der Waals surface area contributed by atoms with Gasteiger partial charge in [0.2, 0.25) is 0 Å². The highest BCUT2D eigenvalue weighted by Crippen LogP contribution is 2.18. The molecule has 1 amide bonds. The van der Waals surface area contributed by atoms with E-state index in [9.17, 15) is 4.79 Å². The van der Waals surface area contributed by atoms with Gasteiger partial charge >= 0.3 is 0 Å². The molecule has 17 heavy (non-hydrogen) atoms. The van der Waals surface area contributed by atoms with Crippen molar-refractivity contribution in [1.29, 1.82) is 0 Å². The highest BCUT2D eigenvalue weighted by molar-refractivity contribution is 5.96. The van der Waals surface area contributed by atoms with Gasteiger partial charge in [-0.3, -0.25) is 4.79 Å². The molecule has 90 valence electrons. The van der Waals surface area contributed by atoms with E-state index < -0.39 is 0 Å². The van der Waals surface area contributed by atoms with Gasteiger partial charge in [0, 0.05) is 11.4 Å². The number of para-hydroxylation sites is 1.